The predicted molar refractivity (Wildman–Crippen MR) is 88.0 cm³/mol. The van der Waals surface area contributed by atoms with Gasteiger partial charge in [0.1, 0.15) is 0 Å². The molecule has 0 fully saturated rings. The normalized spacial score (nSPS) is 10.7. The van der Waals surface area contributed by atoms with E-state index in [4.69, 9.17) is 0 Å². The summed E-state index contributed by atoms with van der Waals surface area (Å²) in [6.07, 6.45) is 0. The van der Waals surface area contributed by atoms with Crippen LogP contribution in [0.2, 0.25) is 0 Å². The second-order valence-corrected chi connectivity index (χ2v) is 5.44. The van der Waals surface area contributed by atoms with Crippen LogP contribution in [0.15, 0.2) is 54.6 Å². The van der Waals surface area contributed by atoms with E-state index in [2.05, 4.69) is 20.8 Å². The highest BCUT2D eigenvalue weighted by Crippen LogP contribution is 2.20. The van der Waals surface area contributed by atoms with E-state index in [-0.39, 0.29) is 11.9 Å². The smallest absolute Gasteiger partial charge is 0.255 e. The minimum Gasteiger partial charge on any atom is -0.322 e. The summed E-state index contributed by atoms with van der Waals surface area (Å²) in [5.41, 5.74) is 2.13. The lowest BCUT2D eigenvalue weighted by atomic mass is 10.1. The molecule has 116 valence electrons. The third-order valence-electron chi connectivity index (χ3n) is 3.40. The van der Waals surface area contributed by atoms with Gasteiger partial charge in [0.05, 0.1) is 6.04 Å². The third-order valence-corrected chi connectivity index (χ3v) is 3.40. The van der Waals surface area contributed by atoms with Gasteiger partial charge >= 0.3 is 0 Å². The van der Waals surface area contributed by atoms with Crippen molar-refractivity contribution in [3.63, 3.8) is 0 Å². The number of aromatic nitrogens is 4. The standard InChI is InChI=1S/C17H17N5O/c1-12(2)22-16(19-20-21-22)13-7-6-8-14(11-13)17(23)18-15-9-4-3-5-10-15/h3-12H,1-2H3,(H,18,23). The SMILES string of the molecule is CC(C)n1nnnc1-c1cccc(C(=O)Nc2ccccc2)c1. The van der Waals surface area contributed by atoms with E-state index < -0.39 is 0 Å². The first-order chi connectivity index (χ1) is 11.1. The number of benzene rings is 2. The Kier molecular flexibility index (Phi) is 4.14. The van der Waals surface area contributed by atoms with Crippen molar-refractivity contribution in [2.75, 3.05) is 5.32 Å². The Hall–Kier alpha value is -3.02. The molecule has 0 radical (unpaired) electrons. The Balaban J connectivity index is 1.88. The largest absolute Gasteiger partial charge is 0.322 e. The van der Waals surface area contributed by atoms with Gasteiger partial charge in [-0.15, -0.1) is 5.10 Å². The summed E-state index contributed by atoms with van der Waals surface area (Å²) < 4.78 is 1.73. The summed E-state index contributed by atoms with van der Waals surface area (Å²) >= 11 is 0. The number of carbonyl (C=O) groups excluding carboxylic acids is 1. The quantitative estimate of drug-likeness (QED) is 0.803. The summed E-state index contributed by atoms with van der Waals surface area (Å²) in [7, 11) is 0. The Bertz CT molecular complexity index is 811. The van der Waals surface area contributed by atoms with E-state index in [9.17, 15) is 4.79 Å². The number of amides is 1. The molecule has 1 N–H and O–H groups in total. The van der Waals surface area contributed by atoms with Crippen LogP contribution in [0, 0.1) is 0 Å². The highest BCUT2D eigenvalue weighted by atomic mass is 16.1. The van der Waals surface area contributed by atoms with Crippen LogP contribution in [0.5, 0.6) is 0 Å². The lowest BCUT2D eigenvalue weighted by Crippen LogP contribution is -2.12. The maximum absolute atomic E-state index is 12.4. The zero-order chi connectivity index (χ0) is 16.2. The first-order valence-electron chi connectivity index (χ1n) is 7.40. The van der Waals surface area contributed by atoms with Gasteiger partial charge in [-0.25, -0.2) is 4.68 Å². The molecule has 3 rings (SSSR count). The van der Waals surface area contributed by atoms with Gasteiger partial charge < -0.3 is 5.32 Å². The zero-order valence-electron chi connectivity index (χ0n) is 13.0. The van der Waals surface area contributed by atoms with Crippen molar-refractivity contribution in [1.82, 2.24) is 20.2 Å². The summed E-state index contributed by atoms with van der Waals surface area (Å²) in [5, 5.41) is 14.6. The molecule has 1 heterocycles. The molecule has 23 heavy (non-hydrogen) atoms. The molecular weight excluding hydrogens is 290 g/mol. The lowest BCUT2D eigenvalue weighted by molar-refractivity contribution is 0.102. The van der Waals surface area contributed by atoms with Gasteiger partial charge in [0.15, 0.2) is 5.82 Å². The number of nitrogens with one attached hydrogen (secondary N) is 1. The molecular formula is C17H17N5O. The van der Waals surface area contributed by atoms with Crippen LogP contribution in [0.4, 0.5) is 5.69 Å². The monoisotopic (exact) mass is 307 g/mol. The molecule has 2 aromatic carbocycles. The van der Waals surface area contributed by atoms with Crippen molar-refractivity contribution in [2.24, 2.45) is 0 Å². The first kappa shape index (κ1) is 14.9. The molecule has 0 aliphatic rings. The maximum atomic E-state index is 12.4. The number of rotatable bonds is 4. The fraction of sp³-hybridized carbons (Fsp3) is 0.176. The van der Waals surface area contributed by atoms with Crippen LogP contribution < -0.4 is 5.32 Å². The van der Waals surface area contributed by atoms with E-state index >= 15 is 0 Å². The fourth-order valence-corrected chi connectivity index (χ4v) is 2.26. The summed E-state index contributed by atoms with van der Waals surface area (Å²) in [5.74, 6) is 0.482. The second-order valence-electron chi connectivity index (χ2n) is 5.44. The molecule has 0 unspecified atom stereocenters. The topological polar surface area (TPSA) is 72.7 Å². The van der Waals surface area contributed by atoms with Crippen LogP contribution in [0.1, 0.15) is 30.2 Å². The molecule has 1 aromatic heterocycles. The number of carbonyl (C=O) groups is 1. The lowest BCUT2D eigenvalue weighted by Gasteiger charge is -2.09. The summed E-state index contributed by atoms with van der Waals surface area (Å²) in [4.78, 5) is 12.4. The van der Waals surface area contributed by atoms with Gasteiger partial charge in [-0.1, -0.05) is 30.3 Å². The van der Waals surface area contributed by atoms with Gasteiger partial charge in [0.25, 0.3) is 5.91 Å². The van der Waals surface area contributed by atoms with Gasteiger partial charge in [0.2, 0.25) is 0 Å². The van der Waals surface area contributed by atoms with Gasteiger partial charge in [-0.3, -0.25) is 4.79 Å². The van der Waals surface area contributed by atoms with Crippen LogP contribution >= 0.6 is 0 Å². The molecule has 0 aliphatic carbocycles. The van der Waals surface area contributed by atoms with Gasteiger partial charge in [0, 0.05) is 16.8 Å². The number of tetrazole rings is 1. The molecule has 6 heteroatoms. The molecule has 1 amide bonds. The van der Waals surface area contributed by atoms with Crippen LogP contribution in [-0.4, -0.2) is 26.1 Å². The van der Waals surface area contributed by atoms with E-state index in [1.54, 1.807) is 16.8 Å². The molecule has 0 spiro atoms. The van der Waals surface area contributed by atoms with Crippen LogP contribution in [0.3, 0.4) is 0 Å². The minimum atomic E-state index is -0.165. The number of hydrogen-bond donors (Lipinski definition) is 1. The average Bonchev–Trinajstić information content (AvgIpc) is 3.06. The molecule has 0 atom stereocenters. The molecule has 6 nitrogen and oxygen atoms in total. The molecule has 0 bridgehead atoms. The van der Waals surface area contributed by atoms with E-state index in [1.165, 1.54) is 0 Å². The molecule has 0 aliphatic heterocycles. The molecule has 0 saturated carbocycles. The van der Waals surface area contributed by atoms with Crippen molar-refractivity contribution < 1.29 is 4.79 Å². The van der Waals surface area contributed by atoms with Gasteiger partial charge in [-0.2, -0.15) is 0 Å². The summed E-state index contributed by atoms with van der Waals surface area (Å²) in [6.45, 7) is 4.01. The highest BCUT2D eigenvalue weighted by molar-refractivity contribution is 6.04. The average molecular weight is 307 g/mol. The Morgan fingerprint density at radius 1 is 1.09 bits per heavy atom. The van der Waals surface area contributed by atoms with Crippen molar-refractivity contribution in [3.8, 4) is 11.4 Å². The third kappa shape index (κ3) is 3.26. The Morgan fingerprint density at radius 2 is 1.87 bits per heavy atom. The Morgan fingerprint density at radius 3 is 2.61 bits per heavy atom. The number of para-hydroxylation sites is 1. The van der Waals surface area contributed by atoms with E-state index in [0.29, 0.717) is 11.4 Å². The fourth-order valence-electron chi connectivity index (χ4n) is 2.26. The minimum absolute atomic E-state index is 0.141. The van der Waals surface area contributed by atoms with Crippen molar-refractivity contribution >= 4 is 11.6 Å². The second kappa shape index (κ2) is 6.39. The van der Waals surface area contributed by atoms with Crippen molar-refractivity contribution in [3.05, 3.63) is 60.2 Å². The number of anilines is 1. The number of nitrogens with zero attached hydrogens (tertiary/aromatic N) is 4. The van der Waals surface area contributed by atoms with Crippen molar-refractivity contribution in [1.29, 1.82) is 0 Å². The van der Waals surface area contributed by atoms with Crippen LogP contribution in [0.25, 0.3) is 11.4 Å². The highest BCUT2D eigenvalue weighted by Gasteiger charge is 2.13. The maximum Gasteiger partial charge on any atom is 0.255 e. The van der Waals surface area contributed by atoms with E-state index in [1.807, 2.05) is 56.3 Å². The van der Waals surface area contributed by atoms with Crippen LogP contribution in [-0.2, 0) is 0 Å². The Labute approximate surface area is 134 Å². The first-order valence-corrected chi connectivity index (χ1v) is 7.40. The number of hydrogen-bond acceptors (Lipinski definition) is 4. The van der Waals surface area contributed by atoms with Gasteiger partial charge in [-0.05, 0) is 48.5 Å². The predicted octanol–water partition coefficient (Wildman–Crippen LogP) is 3.17. The zero-order valence-corrected chi connectivity index (χ0v) is 13.0. The molecule has 0 saturated heterocycles. The summed E-state index contributed by atoms with van der Waals surface area (Å²) in [6, 6.07) is 16.8. The van der Waals surface area contributed by atoms with E-state index in [0.717, 1.165) is 11.3 Å². The molecule has 3 aromatic rings. The van der Waals surface area contributed by atoms with Crippen molar-refractivity contribution in [2.45, 2.75) is 19.9 Å².